The van der Waals surface area contributed by atoms with Crippen molar-refractivity contribution in [3.63, 3.8) is 0 Å². The molecule has 0 amide bonds. The Balaban J connectivity index is 1.39. The van der Waals surface area contributed by atoms with E-state index in [9.17, 15) is 0 Å². The minimum absolute atomic E-state index is 0.0958. The summed E-state index contributed by atoms with van der Waals surface area (Å²) in [5, 5.41) is 11.2. The van der Waals surface area contributed by atoms with Crippen LogP contribution in [0.2, 0.25) is 0 Å². The highest BCUT2D eigenvalue weighted by atomic mass is 32.1. The highest BCUT2D eigenvalue weighted by Crippen LogP contribution is 2.38. The molecule has 2 heterocycles. The number of nitrogens with zero attached hydrogens (tertiary/aromatic N) is 3. The van der Waals surface area contributed by atoms with Gasteiger partial charge in [-0.3, -0.25) is 4.98 Å². The van der Waals surface area contributed by atoms with Crippen LogP contribution in [0.1, 0.15) is 42.3 Å². The van der Waals surface area contributed by atoms with Crippen LogP contribution in [-0.2, 0) is 13.0 Å². The van der Waals surface area contributed by atoms with E-state index in [-0.39, 0.29) is 6.10 Å². The van der Waals surface area contributed by atoms with Crippen molar-refractivity contribution in [2.24, 2.45) is 0 Å². The molecule has 2 aromatic heterocycles. The Morgan fingerprint density at radius 2 is 2.15 bits per heavy atom. The molecule has 0 radical (unpaired) electrons. The largest absolute Gasteiger partial charge is 0.489 e. The molecule has 7 nitrogen and oxygen atoms in total. The van der Waals surface area contributed by atoms with Gasteiger partial charge >= 0.3 is 0 Å². The van der Waals surface area contributed by atoms with Gasteiger partial charge in [0.05, 0.1) is 17.3 Å². The molecule has 0 aliphatic heterocycles. The first-order valence-electron chi connectivity index (χ1n) is 11.2. The average Bonchev–Trinajstić information content (AvgIpc) is 3.58. The Labute approximate surface area is 197 Å². The number of hydrogen-bond donors (Lipinski definition) is 2. The molecule has 2 N–H and O–H groups in total. The van der Waals surface area contributed by atoms with E-state index in [1.165, 1.54) is 16.0 Å². The number of nitrogens with one attached hydrogen (secondary N) is 2. The summed E-state index contributed by atoms with van der Waals surface area (Å²) in [6.45, 7) is 4.85. The summed E-state index contributed by atoms with van der Waals surface area (Å²) in [6.07, 6.45) is 4.06. The lowest BCUT2D eigenvalue weighted by Gasteiger charge is -2.14. The van der Waals surface area contributed by atoms with Crippen LogP contribution in [0.5, 0.6) is 5.75 Å². The van der Waals surface area contributed by atoms with E-state index in [0.29, 0.717) is 17.8 Å². The summed E-state index contributed by atoms with van der Waals surface area (Å²) in [5.41, 5.74) is 7.26. The molecule has 0 saturated heterocycles. The van der Waals surface area contributed by atoms with Crippen molar-refractivity contribution in [2.75, 3.05) is 12.4 Å². The standard InChI is InChI=1S/C25H27N5O2S/c1-15(2)31-23-10-7-16(11-22(23)26-3)25-29-24(30-32-25)20-6-4-5-19-18(20)8-9-21(19)28-13-17-12-27-14-33-17/h4-7,10-12,14-15,21,26,28H,8-9,13H2,1-3H3/t21-/m0/s1. The lowest BCUT2D eigenvalue weighted by molar-refractivity contribution is 0.243. The first-order chi connectivity index (χ1) is 16.1. The van der Waals surface area contributed by atoms with Crippen molar-refractivity contribution < 1.29 is 9.26 Å². The molecule has 5 rings (SSSR count). The van der Waals surface area contributed by atoms with Crippen LogP contribution in [0.4, 0.5) is 5.69 Å². The molecule has 0 bridgehead atoms. The molecule has 33 heavy (non-hydrogen) atoms. The van der Waals surface area contributed by atoms with E-state index >= 15 is 0 Å². The lowest BCUT2D eigenvalue weighted by atomic mass is 10.0. The summed E-state index contributed by atoms with van der Waals surface area (Å²) in [5.74, 6) is 1.92. The predicted molar refractivity (Wildman–Crippen MR) is 130 cm³/mol. The smallest absolute Gasteiger partial charge is 0.258 e. The molecule has 1 atom stereocenters. The summed E-state index contributed by atoms with van der Waals surface area (Å²) in [6, 6.07) is 12.5. The van der Waals surface area contributed by atoms with Gasteiger partial charge in [-0.1, -0.05) is 23.4 Å². The van der Waals surface area contributed by atoms with E-state index in [0.717, 1.165) is 42.0 Å². The van der Waals surface area contributed by atoms with E-state index in [4.69, 9.17) is 14.2 Å². The number of thiazole rings is 1. The minimum atomic E-state index is 0.0958. The third kappa shape index (κ3) is 4.49. The second-order valence-electron chi connectivity index (χ2n) is 8.36. The van der Waals surface area contributed by atoms with Crippen molar-refractivity contribution in [3.8, 4) is 28.6 Å². The highest BCUT2D eigenvalue weighted by Gasteiger charge is 2.26. The SMILES string of the molecule is CNc1cc(-c2nc(-c3cccc4c3CC[C@@H]4NCc3cncs3)no2)ccc1OC(C)C. The molecule has 0 saturated carbocycles. The summed E-state index contributed by atoms with van der Waals surface area (Å²) >= 11 is 1.68. The zero-order valence-electron chi connectivity index (χ0n) is 19.0. The monoisotopic (exact) mass is 461 g/mol. The highest BCUT2D eigenvalue weighted by molar-refractivity contribution is 7.09. The molecule has 1 aliphatic carbocycles. The predicted octanol–water partition coefficient (Wildman–Crippen LogP) is 5.47. The third-order valence-corrected chi connectivity index (χ3v) is 6.58. The number of ether oxygens (including phenoxy) is 1. The molecule has 8 heteroatoms. The topological polar surface area (TPSA) is 85.1 Å². The average molecular weight is 462 g/mol. The van der Waals surface area contributed by atoms with Crippen LogP contribution in [0, 0.1) is 0 Å². The molecule has 2 aromatic carbocycles. The first-order valence-corrected chi connectivity index (χ1v) is 12.1. The van der Waals surface area contributed by atoms with Gasteiger partial charge in [0.25, 0.3) is 5.89 Å². The van der Waals surface area contributed by atoms with Crippen LogP contribution in [0.15, 0.2) is 52.6 Å². The van der Waals surface area contributed by atoms with Gasteiger partial charge in [0.1, 0.15) is 5.75 Å². The maximum Gasteiger partial charge on any atom is 0.258 e. The van der Waals surface area contributed by atoms with Gasteiger partial charge in [0, 0.05) is 41.8 Å². The number of fused-ring (bicyclic) bond motifs is 1. The Hall–Kier alpha value is -3.23. The van der Waals surface area contributed by atoms with Crippen molar-refractivity contribution in [3.05, 3.63) is 64.1 Å². The van der Waals surface area contributed by atoms with E-state index in [1.54, 1.807) is 11.3 Å². The van der Waals surface area contributed by atoms with Gasteiger partial charge in [-0.05, 0) is 56.0 Å². The van der Waals surface area contributed by atoms with E-state index in [2.05, 4.69) is 39.0 Å². The van der Waals surface area contributed by atoms with Crippen molar-refractivity contribution in [1.82, 2.24) is 20.4 Å². The van der Waals surface area contributed by atoms with Crippen LogP contribution < -0.4 is 15.4 Å². The Kier molecular flexibility index (Phi) is 6.11. The fraction of sp³-hybridized carbons (Fsp3) is 0.320. The van der Waals surface area contributed by atoms with Crippen LogP contribution >= 0.6 is 11.3 Å². The van der Waals surface area contributed by atoms with Crippen molar-refractivity contribution in [2.45, 2.75) is 45.4 Å². The quantitative estimate of drug-likeness (QED) is 0.360. The molecule has 0 fully saturated rings. The molecule has 170 valence electrons. The lowest BCUT2D eigenvalue weighted by Crippen LogP contribution is -2.18. The van der Waals surface area contributed by atoms with Crippen molar-refractivity contribution in [1.29, 1.82) is 0 Å². The summed E-state index contributed by atoms with van der Waals surface area (Å²) in [7, 11) is 1.87. The van der Waals surface area contributed by atoms with E-state index < -0.39 is 0 Å². The van der Waals surface area contributed by atoms with E-state index in [1.807, 2.05) is 50.8 Å². The fourth-order valence-corrected chi connectivity index (χ4v) is 4.84. The number of rotatable bonds is 8. The molecular weight excluding hydrogens is 434 g/mol. The van der Waals surface area contributed by atoms with Gasteiger partial charge in [0.15, 0.2) is 0 Å². The molecular formula is C25H27N5O2S. The summed E-state index contributed by atoms with van der Waals surface area (Å²) in [4.78, 5) is 10.1. The number of benzene rings is 2. The molecule has 0 spiro atoms. The zero-order chi connectivity index (χ0) is 22.8. The molecule has 4 aromatic rings. The van der Waals surface area contributed by atoms with Crippen LogP contribution in [0.3, 0.4) is 0 Å². The Morgan fingerprint density at radius 1 is 1.24 bits per heavy atom. The molecule has 1 aliphatic rings. The second kappa shape index (κ2) is 9.33. The van der Waals surface area contributed by atoms with Gasteiger partial charge < -0.3 is 19.9 Å². The van der Waals surface area contributed by atoms with Crippen LogP contribution in [0.25, 0.3) is 22.8 Å². The van der Waals surface area contributed by atoms with Gasteiger partial charge in [-0.2, -0.15) is 4.98 Å². The maximum atomic E-state index is 5.87. The third-order valence-electron chi connectivity index (χ3n) is 5.80. The van der Waals surface area contributed by atoms with Gasteiger partial charge in [-0.25, -0.2) is 0 Å². The van der Waals surface area contributed by atoms with Gasteiger partial charge in [0.2, 0.25) is 5.82 Å². The Morgan fingerprint density at radius 3 is 2.94 bits per heavy atom. The van der Waals surface area contributed by atoms with Crippen molar-refractivity contribution >= 4 is 17.0 Å². The first kappa shape index (κ1) is 21.6. The fourth-order valence-electron chi connectivity index (χ4n) is 4.29. The Bertz CT molecular complexity index is 1240. The number of anilines is 1. The zero-order valence-corrected chi connectivity index (χ0v) is 19.8. The summed E-state index contributed by atoms with van der Waals surface area (Å²) < 4.78 is 11.5. The van der Waals surface area contributed by atoms with Gasteiger partial charge in [-0.15, -0.1) is 11.3 Å². The maximum absolute atomic E-state index is 5.87. The number of aromatic nitrogens is 3. The number of hydrogen-bond acceptors (Lipinski definition) is 8. The minimum Gasteiger partial charge on any atom is -0.489 e. The second-order valence-corrected chi connectivity index (χ2v) is 9.33. The molecule has 0 unspecified atom stereocenters. The normalized spacial score (nSPS) is 15.1. The van der Waals surface area contributed by atoms with Crippen LogP contribution in [-0.4, -0.2) is 28.3 Å².